The molecule has 0 bridgehead atoms. The molecule has 7 heteroatoms. The molecule has 1 aliphatic rings. The number of benzene rings is 2. The second-order valence-corrected chi connectivity index (χ2v) is 7.62. The van der Waals surface area contributed by atoms with E-state index in [-0.39, 0.29) is 30.3 Å². The number of nitrogens with zero attached hydrogens (tertiary/aromatic N) is 2. The number of likely N-dealkylation sites (N-methyl/N-ethyl adjacent to an activating group) is 1. The number of anilines is 1. The Labute approximate surface area is 177 Å². The molecule has 30 heavy (non-hydrogen) atoms. The van der Waals surface area contributed by atoms with Crippen molar-refractivity contribution in [1.29, 1.82) is 0 Å². The van der Waals surface area contributed by atoms with Crippen LogP contribution in [0.15, 0.2) is 54.6 Å². The van der Waals surface area contributed by atoms with Crippen LogP contribution < -0.4 is 10.6 Å². The van der Waals surface area contributed by atoms with Crippen molar-refractivity contribution >= 4 is 23.4 Å². The topological polar surface area (TPSA) is 81.8 Å². The number of rotatable bonds is 7. The van der Waals surface area contributed by atoms with Gasteiger partial charge in [0.2, 0.25) is 11.8 Å². The van der Waals surface area contributed by atoms with Gasteiger partial charge in [0, 0.05) is 20.6 Å². The number of nitrogens with one attached hydrogen (secondary N) is 2. The monoisotopic (exact) mass is 408 g/mol. The van der Waals surface area contributed by atoms with E-state index in [1.165, 1.54) is 0 Å². The van der Waals surface area contributed by atoms with Gasteiger partial charge in [-0.2, -0.15) is 0 Å². The standard InChI is InChI=1S/C23H28N4O3/c1-26(2)23(30)20-13-8-14-27(20)16-21(28)25-19-12-7-6-11-18(19)22(29)24-15-17-9-4-3-5-10-17/h3-7,9-12,20H,8,13-16H2,1-2H3,(H,24,29)(H,25,28). The minimum Gasteiger partial charge on any atom is -0.348 e. The zero-order valence-electron chi connectivity index (χ0n) is 17.4. The zero-order valence-corrected chi connectivity index (χ0v) is 17.4. The third kappa shape index (κ3) is 5.45. The number of amides is 3. The molecule has 2 N–H and O–H groups in total. The molecule has 7 nitrogen and oxygen atoms in total. The summed E-state index contributed by atoms with van der Waals surface area (Å²) in [5.41, 5.74) is 1.87. The van der Waals surface area contributed by atoms with Crippen LogP contribution in [0.3, 0.4) is 0 Å². The second-order valence-electron chi connectivity index (χ2n) is 7.62. The number of likely N-dealkylation sites (tertiary alicyclic amines) is 1. The average molecular weight is 409 g/mol. The Morgan fingerprint density at radius 3 is 2.47 bits per heavy atom. The molecule has 1 unspecified atom stereocenters. The molecule has 2 aromatic carbocycles. The average Bonchev–Trinajstić information content (AvgIpc) is 3.20. The Bertz CT molecular complexity index is 898. The van der Waals surface area contributed by atoms with Gasteiger partial charge in [-0.15, -0.1) is 0 Å². The quantitative estimate of drug-likeness (QED) is 0.735. The van der Waals surface area contributed by atoms with Gasteiger partial charge < -0.3 is 15.5 Å². The summed E-state index contributed by atoms with van der Waals surface area (Å²) in [6, 6.07) is 16.3. The van der Waals surface area contributed by atoms with Crippen LogP contribution in [0, 0.1) is 0 Å². The number of hydrogen-bond donors (Lipinski definition) is 2. The van der Waals surface area contributed by atoms with Crippen LogP contribution in [0.25, 0.3) is 0 Å². The summed E-state index contributed by atoms with van der Waals surface area (Å²) in [6.07, 6.45) is 1.64. The Kier molecular flexibility index (Phi) is 7.19. The molecule has 158 valence electrons. The molecule has 0 aliphatic carbocycles. The molecule has 1 saturated heterocycles. The fourth-order valence-corrected chi connectivity index (χ4v) is 3.63. The van der Waals surface area contributed by atoms with E-state index < -0.39 is 0 Å². The maximum atomic E-state index is 12.7. The van der Waals surface area contributed by atoms with Crippen molar-refractivity contribution in [3.63, 3.8) is 0 Å². The summed E-state index contributed by atoms with van der Waals surface area (Å²) in [4.78, 5) is 41.1. The highest BCUT2D eigenvalue weighted by atomic mass is 16.2. The fourth-order valence-electron chi connectivity index (χ4n) is 3.63. The summed E-state index contributed by atoms with van der Waals surface area (Å²) in [5.74, 6) is -0.477. The normalized spacial score (nSPS) is 16.1. The molecule has 1 atom stereocenters. The molecule has 0 aromatic heterocycles. The van der Waals surface area contributed by atoms with E-state index in [0.29, 0.717) is 24.3 Å². The largest absolute Gasteiger partial charge is 0.348 e. The van der Waals surface area contributed by atoms with Crippen molar-refractivity contribution in [2.45, 2.75) is 25.4 Å². The van der Waals surface area contributed by atoms with Crippen molar-refractivity contribution in [2.75, 3.05) is 32.5 Å². The predicted molar refractivity (Wildman–Crippen MR) is 116 cm³/mol. The summed E-state index contributed by atoms with van der Waals surface area (Å²) in [6.45, 7) is 1.23. The van der Waals surface area contributed by atoms with Crippen LogP contribution in [0.4, 0.5) is 5.69 Å². The fraction of sp³-hybridized carbons (Fsp3) is 0.348. The van der Waals surface area contributed by atoms with Crippen molar-refractivity contribution in [3.8, 4) is 0 Å². The molecule has 3 rings (SSSR count). The molecule has 1 fully saturated rings. The molecular weight excluding hydrogens is 380 g/mol. The van der Waals surface area contributed by atoms with Gasteiger partial charge in [-0.05, 0) is 37.1 Å². The van der Waals surface area contributed by atoms with Gasteiger partial charge in [0.15, 0.2) is 0 Å². The summed E-state index contributed by atoms with van der Waals surface area (Å²) < 4.78 is 0. The van der Waals surface area contributed by atoms with Crippen LogP contribution >= 0.6 is 0 Å². The molecule has 1 heterocycles. The van der Waals surface area contributed by atoms with E-state index >= 15 is 0 Å². The van der Waals surface area contributed by atoms with Gasteiger partial charge in [-0.25, -0.2) is 0 Å². The Hall–Kier alpha value is -3.19. The molecule has 3 amide bonds. The highest BCUT2D eigenvalue weighted by molar-refractivity contribution is 6.04. The molecule has 2 aromatic rings. The maximum absolute atomic E-state index is 12.7. The van der Waals surface area contributed by atoms with Gasteiger partial charge in [0.1, 0.15) is 0 Å². The summed E-state index contributed by atoms with van der Waals surface area (Å²) >= 11 is 0. The van der Waals surface area contributed by atoms with Gasteiger partial charge in [0.05, 0.1) is 23.8 Å². The summed E-state index contributed by atoms with van der Waals surface area (Å²) in [5, 5.41) is 5.72. The minimum atomic E-state index is -0.268. The van der Waals surface area contributed by atoms with E-state index in [4.69, 9.17) is 0 Å². The first kappa shape index (κ1) is 21.5. The van der Waals surface area contributed by atoms with Crippen molar-refractivity contribution < 1.29 is 14.4 Å². The maximum Gasteiger partial charge on any atom is 0.253 e. The smallest absolute Gasteiger partial charge is 0.253 e. The van der Waals surface area contributed by atoms with E-state index in [1.807, 2.05) is 35.2 Å². The summed E-state index contributed by atoms with van der Waals surface area (Å²) in [7, 11) is 3.45. The highest BCUT2D eigenvalue weighted by Gasteiger charge is 2.32. The number of carbonyl (C=O) groups is 3. The van der Waals surface area contributed by atoms with Crippen LogP contribution in [0.1, 0.15) is 28.8 Å². The van der Waals surface area contributed by atoms with Crippen LogP contribution in [0.5, 0.6) is 0 Å². The van der Waals surface area contributed by atoms with E-state index in [2.05, 4.69) is 10.6 Å². The Morgan fingerprint density at radius 1 is 1.03 bits per heavy atom. The Balaban J connectivity index is 1.62. The lowest BCUT2D eigenvalue weighted by atomic mass is 10.1. The first-order chi connectivity index (χ1) is 14.5. The molecule has 0 saturated carbocycles. The lowest BCUT2D eigenvalue weighted by Crippen LogP contribution is -2.45. The van der Waals surface area contributed by atoms with Gasteiger partial charge >= 0.3 is 0 Å². The number of hydrogen-bond acceptors (Lipinski definition) is 4. The first-order valence-electron chi connectivity index (χ1n) is 10.1. The zero-order chi connectivity index (χ0) is 21.5. The van der Waals surface area contributed by atoms with Crippen LogP contribution in [-0.2, 0) is 16.1 Å². The molecular formula is C23H28N4O3. The van der Waals surface area contributed by atoms with E-state index in [9.17, 15) is 14.4 Å². The molecule has 0 radical (unpaired) electrons. The van der Waals surface area contributed by atoms with E-state index in [1.54, 1.807) is 43.3 Å². The minimum absolute atomic E-state index is 0.0148. The SMILES string of the molecule is CN(C)C(=O)C1CCCN1CC(=O)Nc1ccccc1C(=O)NCc1ccccc1. The lowest BCUT2D eigenvalue weighted by molar-refractivity contribution is -0.133. The van der Waals surface area contributed by atoms with Crippen molar-refractivity contribution in [2.24, 2.45) is 0 Å². The molecule has 0 spiro atoms. The van der Waals surface area contributed by atoms with Gasteiger partial charge in [-0.1, -0.05) is 42.5 Å². The predicted octanol–water partition coefficient (Wildman–Crippen LogP) is 2.11. The van der Waals surface area contributed by atoms with E-state index in [0.717, 1.165) is 18.4 Å². The highest BCUT2D eigenvalue weighted by Crippen LogP contribution is 2.20. The number of para-hydroxylation sites is 1. The number of carbonyl (C=O) groups excluding carboxylic acids is 3. The van der Waals surface area contributed by atoms with Crippen molar-refractivity contribution in [1.82, 2.24) is 15.1 Å². The van der Waals surface area contributed by atoms with Crippen LogP contribution in [-0.4, -0.2) is 60.7 Å². The second kappa shape index (κ2) is 10.0. The van der Waals surface area contributed by atoms with Crippen LogP contribution in [0.2, 0.25) is 0 Å². The third-order valence-corrected chi connectivity index (χ3v) is 5.18. The Morgan fingerprint density at radius 2 is 1.73 bits per heavy atom. The third-order valence-electron chi connectivity index (χ3n) is 5.18. The van der Waals surface area contributed by atoms with Gasteiger partial charge in [-0.3, -0.25) is 19.3 Å². The van der Waals surface area contributed by atoms with Crippen molar-refractivity contribution in [3.05, 3.63) is 65.7 Å². The lowest BCUT2D eigenvalue weighted by Gasteiger charge is -2.25. The van der Waals surface area contributed by atoms with Gasteiger partial charge in [0.25, 0.3) is 5.91 Å². The first-order valence-corrected chi connectivity index (χ1v) is 10.1. The molecule has 1 aliphatic heterocycles.